The number of benzene rings is 1. The van der Waals surface area contributed by atoms with Gasteiger partial charge in [-0.3, -0.25) is 19.4 Å². The number of hydrogen-bond donors (Lipinski definition) is 0. The lowest BCUT2D eigenvalue weighted by Gasteiger charge is -2.42. The van der Waals surface area contributed by atoms with E-state index in [1.165, 1.54) is 4.90 Å². The molecule has 0 aromatic heterocycles. The molecule has 2 amide bonds. The van der Waals surface area contributed by atoms with Crippen LogP contribution in [0.5, 0.6) is 0 Å². The fraction of sp³-hybridized carbons (Fsp3) is 0.556. The van der Waals surface area contributed by atoms with Gasteiger partial charge in [0.25, 0.3) is 11.8 Å². The topological polar surface area (TPSA) is 43.9 Å². The standard InChI is InChI=1S/C18H25N3O2/c1-13-11-20(12-14(2)19(13)3)9-6-10-21-17(22)15-7-4-5-8-16(15)18(21)23/h4-5,7-8,13-14H,6,9-12H2,1-3H3/t13-,14+. The molecule has 0 radical (unpaired) electrons. The Morgan fingerprint density at radius 3 is 2.00 bits per heavy atom. The Hall–Kier alpha value is -1.72. The third kappa shape index (κ3) is 3.03. The Labute approximate surface area is 137 Å². The molecule has 5 nitrogen and oxygen atoms in total. The second-order valence-electron chi connectivity index (χ2n) is 6.78. The molecule has 0 bridgehead atoms. The second kappa shape index (κ2) is 6.42. The highest BCUT2D eigenvalue weighted by Gasteiger charge is 2.34. The van der Waals surface area contributed by atoms with Gasteiger partial charge in [0.15, 0.2) is 0 Å². The summed E-state index contributed by atoms with van der Waals surface area (Å²) in [5.41, 5.74) is 1.08. The highest BCUT2D eigenvalue weighted by Crippen LogP contribution is 2.22. The Bertz CT molecular complexity index is 569. The Morgan fingerprint density at radius 1 is 0.957 bits per heavy atom. The van der Waals surface area contributed by atoms with Crippen LogP contribution in [0.4, 0.5) is 0 Å². The lowest BCUT2D eigenvalue weighted by Crippen LogP contribution is -2.55. The van der Waals surface area contributed by atoms with E-state index in [0.29, 0.717) is 29.8 Å². The van der Waals surface area contributed by atoms with Gasteiger partial charge in [-0.1, -0.05) is 12.1 Å². The second-order valence-corrected chi connectivity index (χ2v) is 6.78. The fourth-order valence-electron chi connectivity index (χ4n) is 3.59. The number of likely N-dealkylation sites (N-methyl/N-ethyl adjacent to an activating group) is 1. The number of imide groups is 1. The van der Waals surface area contributed by atoms with E-state index in [1.807, 2.05) is 0 Å². The molecule has 3 rings (SSSR count). The molecule has 5 heteroatoms. The van der Waals surface area contributed by atoms with Crippen LogP contribution in [0.15, 0.2) is 24.3 Å². The van der Waals surface area contributed by atoms with Crippen LogP contribution in [-0.4, -0.2) is 71.8 Å². The predicted molar refractivity (Wildman–Crippen MR) is 89.6 cm³/mol. The van der Waals surface area contributed by atoms with Crippen molar-refractivity contribution in [2.24, 2.45) is 0 Å². The van der Waals surface area contributed by atoms with Gasteiger partial charge < -0.3 is 4.90 Å². The van der Waals surface area contributed by atoms with Gasteiger partial charge in [0, 0.05) is 31.7 Å². The van der Waals surface area contributed by atoms with Gasteiger partial charge in [-0.15, -0.1) is 0 Å². The van der Waals surface area contributed by atoms with Crippen molar-refractivity contribution in [3.63, 3.8) is 0 Å². The molecular formula is C18H25N3O2. The minimum absolute atomic E-state index is 0.147. The molecule has 0 saturated carbocycles. The van der Waals surface area contributed by atoms with Gasteiger partial charge in [-0.05, 0) is 46.0 Å². The summed E-state index contributed by atoms with van der Waals surface area (Å²) >= 11 is 0. The first kappa shape index (κ1) is 16.1. The summed E-state index contributed by atoms with van der Waals surface area (Å²) in [6.07, 6.45) is 0.828. The van der Waals surface area contributed by atoms with Gasteiger partial charge in [0.05, 0.1) is 11.1 Å². The number of fused-ring (bicyclic) bond motifs is 1. The summed E-state index contributed by atoms with van der Waals surface area (Å²) in [7, 11) is 2.17. The van der Waals surface area contributed by atoms with Crippen LogP contribution < -0.4 is 0 Å². The van der Waals surface area contributed by atoms with Crippen molar-refractivity contribution in [1.29, 1.82) is 0 Å². The van der Waals surface area contributed by atoms with E-state index in [9.17, 15) is 9.59 Å². The maximum atomic E-state index is 12.3. The number of amides is 2. The zero-order chi connectivity index (χ0) is 16.6. The SMILES string of the molecule is C[C@@H]1CN(CCCN2C(=O)c3ccccc3C2=O)C[C@H](C)N1C. The highest BCUT2D eigenvalue weighted by atomic mass is 16.2. The first-order valence-corrected chi connectivity index (χ1v) is 8.38. The van der Waals surface area contributed by atoms with E-state index in [4.69, 9.17) is 0 Å². The minimum Gasteiger partial charge on any atom is -0.300 e. The highest BCUT2D eigenvalue weighted by molar-refractivity contribution is 6.21. The monoisotopic (exact) mass is 315 g/mol. The zero-order valence-corrected chi connectivity index (χ0v) is 14.2. The molecule has 1 fully saturated rings. The summed E-state index contributed by atoms with van der Waals surface area (Å²) in [6.45, 7) is 8.00. The van der Waals surface area contributed by atoms with Gasteiger partial charge in [0.2, 0.25) is 0 Å². The third-order valence-corrected chi connectivity index (χ3v) is 5.17. The third-order valence-electron chi connectivity index (χ3n) is 5.17. The van der Waals surface area contributed by atoms with Gasteiger partial charge >= 0.3 is 0 Å². The molecule has 2 aliphatic rings. The van der Waals surface area contributed by atoms with Crippen LogP contribution >= 0.6 is 0 Å². The van der Waals surface area contributed by atoms with Crippen LogP contribution in [0.1, 0.15) is 41.0 Å². The number of hydrogen-bond acceptors (Lipinski definition) is 4. The minimum atomic E-state index is -0.147. The van der Waals surface area contributed by atoms with Crippen LogP contribution in [-0.2, 0) is 0 Å². The van der Waals surface area contributed by atoms with Gasteiger partial charge in [0.1, 0.15) is 0 Å². The molecule has 124 valence electrons. The Kier molecular flexibility index (Phi) is 4.50. The predicted octanol–water partition coefficient (Wildman–Crippen LogP) is 1.70. The fourth-order valence-corrected chi connectivity index (χ4v) is 3.59. The summed E-state index contributed by atoms with van der Waals surface area (Å²) in [5, 5.41) is 0. The molecule has 0 N–H and O–H groups in total. The molecule has 23 heavy (non-hydrogen) atoms. The first-order valence-electron chi connectivity index (χ1n) is 8.38. The number of carbonyl (C=O) groups excluding carboxylic acids is 2. The van der Waals surface area contributed by atoms with Crippen molar-refractivity contribution in [2.45, 2.75) is 32.4 Å². The molecule has 1 aromatic rings. The van der Waals surface area contributed by atoms with E-state index in [2.05, 4.69) is 30.7 Å². The zero-order valence-electron chi connectivity index (χ0n) is 14.2. The maximum Gasteiger partial charge on any atom is 0.261 e. The summed E-state index contributed by atoms with van der Waals surface area (Å²) in [6, 6.07) is 8.16. The van der Waals surface area contributed by atoms with Crippen molar-refractivity contribution < 1.29 is 9.59 Å². The Morgan fingerprint density at radius 2 is 1.48 bits per heavy atom. The van der Waals surface area contributed by atoms with E-state index < -0.39 is 0 Å². The van der Waals surface area contributed by atoms with Crippen molar-refractivity contribution in [2.75, 3.05) is 33.2 Å². The number of piperazine rings is 1. The molecule has 2 aliphatic heterocycles. The van der Waals surface area contributed by atoms with Crippen molar-refractivity contribution >= 4 is 11.8 Å². The van der Waals surface area contributed by atoms with E-state index in [-0.39, 0.29) is 11.8 Å². The van der Waals surface area contributed by atoms with Crippen LogP contribution in [0, 0.1) is 0 Å². The lowest BCUT2D eigenvalue weighted by atomic mass is 10.1. The largest absolute Gasteiger partial charge is 0.300 e. The van der Waals surface area contributed by atoms with Crippen LogP contribution in [0.25, 0.3) is 0 Å². The molecule has 0 unspecified atom stereocenters. The average molecular weight is 315 g/mol. The number of carbonyl (C=O) groups is 2. The molecule has 1 saturated heterocycles. The Balaban J connectivity index is 1.54. The smallest absolute Gasteiger partial charge is 0.261 e. The molecule has 2 atom stereocenters. The lowest BCUT2D eigenvalue weighted by molar-refractivity contribution is 0.0536. The number of rotatable bonds is 4. The number of nitrogens with zero attached hydrogens (tertiary/aromatic N) is 3. The van der Waals surface area contributed by atoms with Crippen molar-refractivity contribution in [3.05, 3.63) is 35.4 Å². The van der Waals surface area contributed by atoms with Crippen LogP contribution in [0.3, 0.4) is 0 Å². The van der Waals surface area contributed by atoms with Crippen molar-refractivity contribution in [3.8, 4) is 0 Å². The first-order chi connectivity index (χ1) is 11.0. The molecule has 0 aliphatic carbocycles. The van der Waals surface area contributed by atoms with Crippen LogP contribution in [0.2, 0.25) is 0 Å². The van der Waals surface area contributed by atoms with Gasteiger partial charge in [-0.25, -0.2) is 0 Å². The molecular weight excluding hydrogens is 290 g/mol. The van der Waals surface area contributed by atoms with E-state index >= 15 is 0 Å². The van der Waals surface area contributed by atoms with E-state index in [0.717, 1.165) is 26.1 Å². The van der Waals surface area contributed by atoms with Gasteiger partial charge in [-0.2, -0.15) is 0 Å². The van der Waals surface area contributed by atoms with E-state index in [1.54, 1.807) is 24.3 Å². The maximum absolute atomic E-state index is 12.3. The van der Waals surface area contributed by atoms with Crippen molar-refractivity contribution in [1.82, 2.24) is 14.7 Å². The molecule has 1 aromatic carbocycles. The summed E-state index contributed by atoms with van der Waals surface area (Å²) in [4.78, 5) is 30.9. The normalized spacial score (nSPS) is 26.0. The quantitative estimate of drug-likeness (QED) is 0.793. The summed E-state index contributed by atoms with van der Waals surface area (Å²) < 4.78 is 0. The molecule has 0 spiro atoms. The average Bonchev–Trinajstić information content (AvgIpc) is 2.78. The molecule has 2 heterocycles. The summed E-state index contributed by atoms with van der Waals surface area (Å²) in [5.74, 6) is -0.295.